The molecule has 1 saturated heterocycles. The van der Waals surface area contributed by atoms with Crippen molar-refractivity contribution in [3.63, 3.8) is 0 Å². The summed E-state index contributed by atoms with van der Waals surface area (Å²) in [5, 5.41) is 1.16. The molecule has 23 heavy (non-hydrogen) atoms. The van der Waals surface area contributed by atoms with Gasteiger partial charge in [-0.05, 0) is 58.0 Å². The Balaban J connectivity index is 1.83. The second-order valence-corrected chi connectivity index (χ2v) is 7.40. The first kappa shape index (κ1) is 16.5. The summed E-state index contributed by atoms with van der Waals surface area (Å²) in [6, 6.07) is 5.08. The monoisotopic (exact) mass is 333 g/mol. The largest absolute Gasteiger partial charge is 0.494 e. The van der Waals surface area contributed by atoms with Crippen LogP contribution >= 0.6 is 11.3 Å². The van der Waals surface area contributed by atoms with Gasteiger partial charge in [0.1, 0.15) is 5.75 Å². The summed E-state index contributed by atoms with van der Waals surface area (Å²) in [5.74, 6) is 1.02. The zero-order valence-corrected chi connectivity index (χ0v) is 15.4. The second kappa shape index (κ2) is 7.05. The van der Waals surface area contributed by atoms with E-state index in [2.05, 4.69) is 43.0 Å². The van der Waals surface area contributed by atoms with Crippen molar-refractivity contribution in [2.24, 2.45) is 0 Å². The van der Waals surface area contributed by atoms with Crippen molar-refractivity contribution in [2.45, 2.75) is 39.2 Å². The van der Waals surface area contributed by atoms with Crippen LogP contribution in [0.3, 0.4) is 0 Å². The van der Waals surface area contributed by atoms with Gasteiger partial charge in [-0.1, -0.05) is 18.3 Å². The maximum Gasteiger partial charge on any atom is 0.186 e. The van der Waals surface area contributed by atoms with E-state index >= 15 is 0 Å². The number of hydrogen-bond acceptors (Lipinski definition) is 5. The van der Waals surface area contributed by atoms with E-state index in [9.17, 15) is 0 Å². The minimum Gasteiger partial charge on any atom is -0.494 e. The third-order valence-corrected chi connectivity index (χ3v) is 5.78. The molecule has 0 bridgehead atoms. The first-order valence-corrected chi connectivity index (χ1v) is 9.41. The van der Waals surface area contributed by atoms with Gasteiger partial charge < -0.3 is 14.5 Å². The number of hydrogen-bond donors (Lipinski definition) is 0. The third-order valence-electron chi connectivity index (χ3n) is 4.71. The molecule has 2 aromatic rings. The van der Waals surface area contributed by atoms with E-state index in [0.29, 0.717) is 12.6 Å². The van der Waals surface area contributed by atoms with E-state index in [0.717, 1.165) is 35.9 Å². The van der Waals surface area contributed by atoms with E-state index < -0.39 is 0 Å². The van der Waals surface area contributed by atoms with Gasteiger partial charge in [0.2, 0.25) is 0 Å². The van der Waals surface area contributed by atoms with Crippen LogP contribution in [-0.2, 0) is 6.42 Å². The highest BCUT2D eigenvalue weighted by atomic mass is 32.1. The molecular formula is C18H27N3OS. The van der Waals surface area contributed by atoms with Gasteiger partial charge in [-0.2, -0.15) is 0 Å². The molecule has 0 N–H and O–H groups in total. The van der Waals surface area contributed by atoms with Crippen molar-refractivity contribution in [2.75, 3.05) is 38.7 Å². The van der Waals surface area contributed by atoms with Gasteiger partial charge in [0.05, 0.1) is 16.8 Å². The molecule has 1 aliphatic heterocycles. The van der Waals surface area contributed by atoms with Crippen molar-refractivity contribution in [3.8, 4) is 5.75 Å². The van der Waals surface area contributed by atoms with Crippen molar-refractivity contribution < 1.29 is 4.74 Å². The standard InChI is InChI=1S/C18H27N3OS/c1-5-13-11-15-17(12-16(13)22-6-2)23-18(19-15)21-9-7-14(8-10-21)20(3)4/h11-12,14H,5-10H2,1-4H3. The van der Waals surface area contributed by atoms with Crippen molar-refractivity contribution in [3.05, 3.63) is 17.7 Å². The lowest BCUT2D eigenvalue weighted by atomic mass is 10.0. The van der Waals surface area contributed by atoms with Crippen LogP contribution in [0.1, 0.15) is 32.3 Å². The van der Waals surface area contributed by atoms with Crippen LogP contribution < -0.4 is 9.64 Å². The minimum atomic E-state index is 0.705. The zero-order valence-electron chi connectivity index (χ0n) is 14.6. The number of ether oxygens (including phenoxy) is 1. The van der Waals surface area contributed by atoms with Gasteiger partial charge in [0, 0.05) is 19.1 Å². The Morgan fingerprint density at radius 3 is 2.61 bits per heavy atom. The highest BCUT2D eigenvalue weighted by Gasteiger charge is 2.23. The lowest BCUT2D eigenvalue weighted by Gasteiger charge is -2.34. The molecule has 1 aromatic carbocycles. The Morgan fingerprint density at radius 2 is 2.00 bits per heavy atom. The van der Waals surface area contributed by atoms with Crippen LogP contribution in [0.25, 0.3) is 10.2 Å². The smallest absolute Gasteiger partial charge is 0.186 e. The van der Waals surface area contributed by atoms with E-state index in [4.69, 9.17) is 9.72 Å². The molecule has 1 fully saturated rings. The molecule has 4 nitrogen and oxygen atoms in total. The first-order chi connectivity index (χ1) is 11.1. The quantitative estimate of drug-likeness (QED) is 0.832. The van der Waals surface area contributed by atoms with Crippen molar-refractivity contribution >= 4 is 26.7 Å². The Kier molecular flexibility index (Phi) is 5.07. The lowest BCUT2D eigenvalue weighted by Crippen LogP contribution is -2.41. The molecule has 1 aliphatic rings. The minimum absolute atomic E-state index is 0.705. The molecule has 2 heterocycles. The molecule has 0 unspecified atom stereocenters. The second-order valence-electron chi connectivity index (χ2n) is 6.39. The molecule has 5 heteroatoms. The van der Waals surface area contributed by atoms with Crippen LogP contribution in [-0.4, -0.2) is 49.7 Å². The van der Waals surface area contributed by atoms with Crippen LogP contribution in [0.4, 0.5) is 5.13 Å². The number of aryl methyl sites for hydroxylation is 1. The highest BCUT2D eigenvalue weighted by Crippen LogP contribution is 2.35. The first-order valence-electron chi connectivity index (χ1n) is 8.60. The third kappa shape index (κ3) is 3.45. The van der Waals surface area contributed by atoms with Crippen LogP contribution in [0, 0.1) is 0 Å². The molecule has 0 saturated carbocycles. The van der Waals surface area contributed by atoms with Crippen molar-refractivity contribution in [1.82, 2.24) is 9.88 Å². The summed E-state index contributed by atoms with van der Waals surface area (Å²) >= 11 is 1.79. The van der Waals surface area contributed by atoms with Gasteiger partial charge in [0.25, 0.3) is 0 Å². The fourth-order valence-corrected chi connectivity index (χ4v) is 4.29. The number of thiazole rings is 1. The van der Waals surface area contributed by atoms with Crippen LogP contribution in [0.5, 0.6) is 5.75 Å². The van der Waals surface area contributed by atoms with E-state index in [1.54, 1.807) is 11.3 Å². The van der Waals surface area contributed by atoms with E-state index in [1.165, 1.54) is 23.1 Å². The van der Waals surface area contributed by atoms with Gasteiger partial charge in [0.15, 0.2) is 5.13 Å². The van der Waals surface area contributed by atoms with E-state index in [1.807, 2.05) is 6.92 Å². The molecule has 0 atom stereocenters. The maximum atomic E-state index is 5.79. The predicted octanol–water partition coefficient (Wildman–Crippen LogP) is 3.79. The molecule has 0 spiro atoms. The molecule has 126 valence electrons. The molecule has 0 radical (unpaired) electrons. The van der Waals surface area contributed by atoms with Crippen LogP contribution in [0.2, 0.25) is 0 Å². The Labute approximate surface area is 143 Å². The number of benzene rings is 1. The fraction of sp³-hybridized carbons (Fsp3) is 0.611. The number of fused-ring (bicyclic) bond motifs is 1. The Hall–Kier alpha value is -1.33. The highest BCUT2D eigenvalue weighted by molar-refractivity contribution is 7.22. The van der Waals surface area contributed by atoms with Crippen LogP contribution in [0.15, 0.2) is 12.1 Å². The van der Waals surface area contributed by atoms with E-state index in [-0.39, 0.29) is 0 Å². The van der Waals surface area contributed by atoms with Crippen molar-refractivity contribution in [1.29, 1.82) is 0 Å². The average molecular weight is 334 g/mol. The predicted molar refractivity (Wildman–Crippen MR) is 99.1 cm³/mol. The van der Waals surface area contributed by atoms with Gasteiger partial charge in [-0.15, -0.1) is 0 Å². The molecular weight excluding hydrogens is 306 g/mol. The summed E-state index contributed by atoms with van der Waals surface area (Å²) in [4.78, 5) is 9.68. The average Bonchev–Trinajstić information content (AvgIpc) is 2.97. The number of rotatable bonds is 5. The topological polar surface area (TPSA) is 28.6 Å². The summed E-state index contributed by atoms with van der Waals surface area (Å²) < 4.78 is 7.02. The van der Waals surface area contributed by atoms with Gasteiger partial charge in [-0.3, -0.25) is 0 Å². The summed E-state index contributed by atoms with van der Waals surface area (Å²) in [6.07, 6.45) is 3.41. The normalized spacial score (nSPS) is 16.5. The number of piperidine rings is 1. The molecule has 0 aliphatic carbocycles. The fourth-order valence-electron chi connectivity index (χ4n) is 3.26. The maximum absolute atomic E-state index is 5.79. The number of nitrogens with zero attached hydrogens (tertiary/aromatic N) is 3. The molecule has 3 rings (SSSR count). The Morgan fingerprint density at radius 1 is 1.26 bits per heavy atom. The Bertz CT molecular complexity index is 660. The molecule has 1 aromatic heterocycles. The van der Waals surface area contributed by atoms with Gasteiger partial charge in [-0.25, -0.2) is 4.98 Å². The summed E-state index contributed by atoms with van der Waals surface area (Å²) in [5.41, 5.74) is 2.36. The SMILES string of the molecule is CCOc1cc2sc(N3CCC(N(C)C)CC3)nc2cc1CC. The number of aromatic nitrogens is 1. The summed E-state index contributed by atoms with van der Waals surface area (Å²) in [7, 11) is 4.36. The zero-order chi connectivity index (χ0) is 16.4. The molecule has 0 amide bonds. The summed E-state index contributed by atoms with van der Waals surface area (Å²) in [6.45, 7) is 7.12. The lowest BCUT2D eigenvalue weighted by molar-refractivity contribution is 0.249. The van der Waals surface area contributed by atoms with Gasteiger partial charge >= 0.3 is 0 Å². The number of anilines is 1.